The zero-order valence-electron chi connectivity index (χ0n) is 11.1. The molecule has 0 aliphatic carbocycles. The molecule has 104 valence electrons. The molecule has 20 heavy (non-hydrogen) atoms. The van der Waals surface area contributed by atoms with Gasteiger partial charge in [-0.3, -0.25) is 9.48 Å². The highest BCUT2D eigenvalue weighted by Crippen LogP contribution is 2.17. The van der Waals surface area contributed by atoms with Crippen molar-refractivity contribution in [1.29, 1.82) is 0 Å². The van der Waals surface area contributed by atoms with E-state index in [4.69, 9.17) is 4.74 Å². The molecule has 1 unspecified atom stereocenters. The smallest absolute Gasteiger partial charge is 0.276 e. The lowest BCUT2D eigenvalue weighted by Gasteiger charge is -2.15. The molecule has 1 aliphatic heterocycles. The van der Waals surface area contributed by atoms with Gasteiger partial charge < -0.3 is 9.64 Å². The number of likely N-dealkylation sites (tertiary alicyclic amines) is 1. The van der Waals surface area contributed by atoms with Gasteiger partial charge in [0.1, 0.15) is 6.10 Å². The van der Waals surface area contributed by atoms with E-state index in [2.05, 4.69) is 15.3 Å². The van der Waals surface area contributed by atoms with E-state index in [1.54, 1.807) is 24.3 Å². The Hall–Kier alpha value is -2.44. The second kappa shape index (κ2) is 5.28. The first-order valence-electron chi connectivity index (χ1n) is 6.45. The molecule has 0 radical (unpaired) electrons. The number of amides is 1. The van der Waals surface area contributed by atoms with Crippen LogP contribution in [0.15, 0.2) is 30.6 Å². The van der Waals surface area contributed by atoms with Crippen LogP contribution >= 0.6 is 0 Å². The third kappa shape index (κ3) is 2.61. The molecule has 7 heteroatoms. The van der Waals surface area contributed by atoms with Crippen molar-refractivity contribution in [3.63, 3.8) is 0 Å². The third-order valence-electron chi connectivity index (χ3n) is 3.18. The molecule has 0 aromatic carbocycles. The van der Waals surface area contributed by atoms with Crippen molar-refractivity contribution >= 4 is 5.91 Å². The van der Waals surface area contributed by atoms with Crippen molar-refractivity contribution < 1.29 is 9.53 Å². The first-order valence-corrected chi connectivity index (χ1v) is 6.45. The average molecular weight is 273 g/mol. The van der Waals surface area contributed by atoms with Gasteiger partial charge in [-0.15, -0.1) is 5.10 Å². The molecule has 1 fully saturated rings. The summed E-state index contributed by atoms with van der Waals surface area (Å²) in [4.78, 5) is 18.1. The summed E-state index contributed by atoms with van der Waals surface area (Å²) in [6.45, 7) is 1.21. The quantitative estimate of drug-likeness (QED) is 0.814. The number of rotatable bonds is 3. The first kappa shape index (κ1) is 12.6. The van der Waals surface area contributed by atoms with Crippen molar-refractivity contribution in [2.24, 2.45) is 7.05 Å². The maximum absolute atomic E-state index is 12.2. The molecule has 0 saturated carbocycles. The molecule has 0 bridgehead atoms. The van der Waals surface area contributed by atoms with Gasteiger partial charge >= 0.3 is 0 Å². The number of nitrogens with zero attached hydrogens (tertiary/aromatic N) is 5. The third-order valence-corrected chi connectivity index (χ3v) is 3.18. The molecular formula is C13H15N5O2. The number of carbonyl (C=O) groups is 1. The van der Waals surface area contributed by atoms with Crippen LogP contribution in [0.5, 0.6) is 5.88 Å². The summed E-state index contributed by atoms with van der Waals surface area (Å²) < 4.78 is 7.27. The second-order valence-corrected chi connectivity index (χ2v) is 4.73. The van der Waals surface area contributed by atoms with E-state index in [1.807, 2.05) is 18.2 Å². The van der Waals surface area contributed by atoms with E-state index in [0.717, 1.165) is 6.42 Å². The normalized spacial score (nSPS) is 18.2. The lowest BCUT2D eigenvalue weighted by atomic mass is 10.3. The van der Waals surface area contributed by atoms with E-state index in [9.17, 15) is 4.79 Å². The van der Waals surface area contributed by atoms with Crippen molar-refractivity contribution in [1.82, 2.24) is 24.9 Å². The first-order chi connectivity index (χ1) is 9.72. The zero-order valence-corrected chi connectivity index (χ0v) is 11.1. The highest BCUT2D eigenvalue weighted by Gasteiger charge is 2.29. The predicted octanol–water partition coefficient (Wildman–Crippen LogP) is 0.504. The van der Waals surface area contributed by atoms with Crippen LogP contribution in [-0.2, 0) is 7.05 Å². The van der Waals surface area contributed by atoms with Crippen LogP contribution in [-0.4, -0.2) is 50.0 Å². The van der Waals surface area contributed by atoms with E-state index in [-0.39, 0.29) is 12.0 Å². The number of aromatic nitrogens is 4. The van der Waals surface area contributed by atoms with Gasteiger partial charge in [-0.2, -0.15) is 0 Å². The van der Waals surface area contributed by atoms with Crippen molar-refractivity contribution in [3.05, 3.63) is 36.3 Å². The summed E-state index contributed by atoms with van der Waals surface area (Å²) in [6.07, 6.45) is 4.08. The number of hydrogen-bond acceptors (Lipinski definition) is 5. The highest BCUT2D eigenvalue weighted by atomic mass is 16.5. The van der Waals surface area contributed by atoms with Crippen LogP contribution in [0.1, 0.15) is 16.9 Å². The fourth-order valence-corrected chi connectivity index (χ4v) is 2.20. The Kier molecular flexibility index (Phi) is 3.32. The van der Waals surface area contributed by atoms with Gasteiger partial charge in [-0.05, 0) is 6.07 Å². The molecule has 0 spiro atoms. The largest absolute Gasteiger partial charge is 0.472 e. The molecule has 3 rings (SSSR count). The molecule has 1 amide bonds. The Morgan fingerprint density at radius 3 is 3.05 bits per heavy atom. The molecular weight excluding hydrogens is 258 g/mol. The van der Waals surface area contributed by atoms with Crippen LogP contribution in [0, 0.1) is 0 Å². The number of hydrogen-bond donors (Lipinski definition) is 0. The summed E-state index contributed by atoms with van der Waals surface area (Å²) in [5.74, 6) is 0.483. The van der Waals surface area contributed by atoms with Gasteiger partial charge in [0.2, 0.25) is 5.88 Å². The van der Waals surface area contributed by atoms with Crippen LogP contribution in [0.2, 0.25) is 0 Å². The van der Waals surface area contributed by atoms with Gasteiger partial charge in [-0.1, -0.05) is 11.3 Å². The zero-order chi connectivity index (χ0) is 13.9. The predicted molar refractivity (Wildman–Crippen MR) is 70.2 cm³/mol. The monoisotopic (exact) mass is 273 g/mol. The summed E-state index contributed by atoms with van der Waals surface area (Å²) in [5.41, 5.74) is 0.367. The Morgan fingerprint density at radius 1 is 1.45 bits per heavy atom. The number of ether oxygens (including phenoxy) is 1. The Labute approximate surface area is 116 Å². The Morgan fingerprint density at radius 2 is 2.35 bits per heavy atom. The molecule has 3 heterocycles. The SMILES string of the molecule is Cn1cc(C(=O)N2CCC(Oc3ccccn3)C2)nn1. The molecule has 1 saturated heterocycles. The summed E-state index contributed by atoms with van der Waals surface area (Å²) in [6, 6.07) is 5.53. The average Bonchev–Trinajstić information content (AvgIpc) is 3.08. The minimum atomic E-state index is -0.106. The molecule has 1 aliphatic rings. The van der Waals surface area contributed by atoms with Gasteiger partial charge in [0.15, 0.2) is 5.69 Å². The van der Waals surface area contributed by atoms with Crippen molar-refractivity contribution in [3.8, 4) is 5.88 Å². The van der Waals surface area contributed by atoms with Crippen LogP contribution in [0.25, 0.3) is 0 Å². The maximum atomic E-state index is 12.2. The topological polar surface area (TPSA) is 73.1 Å². The second-order valence-electron chi connectivity index (χ2n) is 4.73. The van der Waals surface area contributed by atoms with E-state index < -0.39 is 0 Å². The van der Waals surface area contributed by atoms with E-state index in [0.29, 0.717) is 24.7 Å². The van der Waals surface area contributed by atoms with Crippen LogP contribution < -0.4 is 4.74 Å². The lowest BCUT2D eigenvalue weighted by molar-refractivity contribution is 0.0765. The summed E-state index contributed by atoms with van der Waals surface area (Å²) >= 11 is 0. The summed E-state index contributed by atoms with van der Waals surface area (Å²) in [7, 11) is 1.74. The highest BCUT2D eigenvalue weighted by molar-refractivity contribution is 5.92. The molecule has 2 aromatic heterocycles. The Balaban J connectivity index is 1.61. The van der Waals surface area contributed by atoms with E-state index >= 15 is 0 Å². The standard InChI is InChI=1S/C13H15N5O2/c1-17-9-11(15-16-17)13(19)18-7-5-10(8-18)20-12-4-2-3-6-14-12/h2-4,6,9-10H,5,7-8H2,1H3. The molecule has 7 nitrogen and oxygen atoms in total. The summed E-state index contributed by atoms with van der Waals surface area (Å²) in [5, 5.41) is 7.61. The maximum Gasteiger partial charge on any atom is 0.276 e. The molecule has 0 N–H and O–H groups in total. The van der Waals surface area contributed by atoms with Crippen LogP contribution in [0.3, 0.4) is 0 Å². The van der Waals surface area contributed by atoms with Crippen molar-refractivity contribution in [2.75, 3.05) is 13.1 Å². The van der Waals surface area contributed by atoms with Gasteiger partial charge in [0.25, 0.3) is 5.91 Å². The van der Waals surface area contributed by atoms with Crippen LogP contribution in [0.4, 0.5) is 0 Å². The Bertz CT molecular complexity index is 598. The minimum absolute atomic E-state index is 0.0227. The van der Waals surface area contributed by atoms with Crippen molar-refractivity contribution in [2.45, 2.75) is 12.5 Å². The van der Waals surface area contributed by atoms with Gasteiger partial charge in [0.05, 0.1) is 12.7 Å². The minimum Gasteiger partial charge on any atom is -0.472 e. The number of carbonyl (C=O) groups excluding carboxylic acids is 1. The van der Waals surface area contributed by atoms with Gasteiger partial charge in [-0.25, -0.2) is 4.98 Å². The number of pyridine rings is 1. The number of aryl methyl sites for hydroxylation is 1. The lowest BCUT2D eigenvalue weighted by Crippen LogP contribution is -2.31. The molecule has 1 atom stereocenters. The van der Waals surface area contributed by atoms with Gasteiger partial charge in [0, 0.05) is 32.3 Å². The fraction of sp³-hybridized carbons (Fsp3) is 0.385. The fourth-order valence-electron chi connectivity index (χ4n) is 2.20. The van der Waals surface area contributed by atoms with E-state index in [1.165, 1.54) is 4.68 Å². The molecule has 2 aromatic rings.